The van der Waals surface area contributed by atoms with Crippen LogP contribution in [0.15, 0.2) is 40.0 Å². The summed E-state index contributed by atoms with van der Waals surface area (Å²) in [5.41, 5.74) is 1.57. The molecule has 114 valence electrons. The van der Waals surface area contributed by atoms with E-state index in [0.29, 0.717) is 16.6 Å². The maximum absolute atomic E-state index is 12.3. The van der Waals surface area contributed by atoms with Gasteiger partial charge in [0.25, 0.3) is 0 Å². The fourth-order valence-corrected chi connectivity index (χ4v) is 3.85. The number of halogens is 1. The molecule has 1 aromatic carbocycles. The lowest BCUT2D eigenvalue weighted by atomic mass is 10.2. The van der Waals surface area contributed by atoms with Crippen molar-refractivity contribution in [2.24, 2.45) is 0 Å². The van der Waals surface area contributed by atoms with E-state index in [-0.39, 0.29) is 18.0 Å². The number of nitrogens with zero attached hydrogens (tertiary/aromatic N) is 2. The van der Waals surface area contributed by atoms with Gasteiger partial charge in [-0.1, -0.05) is 6.07 Å². The minimum absolute atomic E-state index is 0.116. The Hall–Kier alpha value is -1.22. The minimum Gasteiger partial charge on any atom is -0.392 e. The standard InChI is InChI=1S/C13H16BrN3O3S/c1-10-7-15-17(8-10)5-4-16-21(19,20)13-6-11(9-18)2-3-12(13)14/h2-3,6-8,16,18H,4-5,9H2,1H3. The maximum Gasteiger partial charge on any atom is 0.241 e. The number of sulfonamides is 1. The molecule has 0 saturated carbocycles. The van der Waals surface area contributed by atoms with Gasteiger partial charge in [-0.2, -0.15) is 5.10 Å². The molecule has 0 aliphatic rings. The Kier molecular flexibility index (Phi) is 5.15. The van der Waals surface area contributed by atoms with Crippen LogP contribution in [0.4, 0.5) is 0 Å². The van der Waals surface area contributed by atoms with E-state index < -0.39 is 10.0 Å². The van der Waals surface area contributed by atoms with E-state index in [4.69, 9.17) is 5.11 Å². The van der Waals surface area contributed by atoms with Crippen LogP contribution in [0.5, 0.6) is 0 Å². The van der Waals surface area contributed by atoms with Gasteiger partial charge >= 0.3 is 0 Å². The lowest BCUT2D eigenvalue weighted by molar-refractivity contribution is 0.281. The quantitative estimate of drug-likeness (QED) is 0.801. The number of benzene rings is 1. The SMILES string of the molecule is Cc1cnn(CCNS(=O)(=O)c2cc(CO)ccc2Br)c1. The molecule has 21 heavy (non-hydrogen) atoms. The van der Waals surface area contributed by atoms with Crippen LogP contribution in [0.25, 0.3) is 0 Å². The molecule has 2 rings (SSSR count). The number of aliphatic hydroxyl groups excluding tert-OH is 1. The number of nitrogens with one attached hydrogen (secondary N) is 1. The predicted molar refractivity (Wildman–Crippen MR) is 82.2 cm³/mol. The smallest absolute Gasteiger partial charge is 0.241 e. The summed E-state index contributed by atoms with van der Waals surface area (Å²) in [7, 11) is -3.64. The molecule has 1 heterocycles. The van der Waals surface area contributed by atoms with Crippen LogP contribution in [-0.2, 0) is 23.2 Å². The van der Waals surface area contributed by atoms with Crippen LogP contribution in [0, 0.1) is 6.92 Å². The Labute approximate surface area is 132 Å². The van der Waals surface area contributed by atoms with Crippen molar-refractivity contribution < 1.29 is 13.5 Å². The molecule has 0 radical (unpaired) electrons. The van der Waals surface area contributed by atoms with Crippen LogP contribution < -0.4 is 4.72 Å². The summed E-state index contributed by atoms with van der Waals surface area (Å²) < 4.78 is 29.2. The molecule has 8 heteroatoms. The van der Waals surface area contributed by atoms with Gasteiger partial charge in [-0.25, -0.2) is 13.1 Å². The molecule has 0 amide bonds. The fraction of sp³-hybridized carbons (Fsp3) is 0.308. The van der Waals surface area contributed by atoms with Crippen molar-refractivity contribution in [3.63, 3.8) is 0 Å². The molecule has 0 unspecified atom stereocenters. The summed E-state index contributed by atoms with van der Waals surface area (Å²) in [6.07, 6.45) is 3.56. The second-order valence-corrected chi connectivity index (χ2v) is 7.19. The normalized spacial score (nSPS) is 11.8. The molecule has 0 saturated heterocycles. The van der Waals surface area contributed by atoms with Gasteiger partial charge in [-0.15, -0.1) is 0 Å². The van der Waals surface area contributed by atoms with Crippen molar-refractivity contribution in [3.8, 4) is 0 Å². The second-order valence-electron chi connectivity index (χ2n) is 4.60. The topological polar surface area (TPSA) is 84.2 Å². The first-order chi connectivity index (χ1) is 9.92. The third-order valence-electron chi connectivity index (χ3n) is 2.86. The zero-order chi connectivity index (χ0) is 15.5. The average molecular weight is 374 g/mol. The first kappa shape index (κ1) is 16.2. The van der Waals surface area contributed by atoms with Gasteiger partial charge in [-0.05, 0) is 46.1 Å². The highest BCUT2D eigenvalue weighted by Gasteiger charge is 2.17. The van der Waals surface area contributed by atoms with E-state index in [1.54, 1.807) is 23.0 Å². The third-order valence-corrected chi connectivity index (χ3v) is 5.32. The van der Waals surface area contributed by atoms with E-state index in [1.165, 1.54) is 6.07 Å². The second kappa shape index (κ2) is 6.69. The zero-order valence-corrected chi connectivity index (χ0v) is 13.9. The fourth-order valence-electron chi connectivity index (χ4n) is 1.81. The van der Waals surface area contributed by atoms with Gasteiger partial charge in [0, 0.05) is 17.2 Å². The Morgan fingerprint density at radius 1 is 1.43 bits per heavy atom. The molecule has 0 spiro atoms. The Balaban J connectivity index is 2.07. The van der Waals surface area contributed by atoms with Crippen LogP contribution in [0.1, 0.15) is 11.1 Å². The van der Waals surface area contributed by atoms with Crippen molar-refractivity contribution in [2.45, 2.75) is 25.0 Å². The zero-order valence-electron chi connectivity index (χ0n) is 11.5. The van der Waals surface area contributed by atoms with Gasteiger partial charge < -0.3 is 5.11 Å². The van der Waals surface area contributed by atoms with Crippen molar-refractivity contribution >= 4 is 26.0 Å². The number of aliphatic hydroxyl groups is 1. The van der Waals surface area contributed by atoms with Gasteiger partial charge in [0.2, 0.25) is 10.0 Å². The number of hydrogen-bond donors (Lipinski definition) is 2. The Morgan fingerprint density at radius 2 is 2.19 bits per heavy atom. The summed E-state index contributed by atoms with van der Waals surface area (Å²) >= 11 is 3.22. The molecule has 1 aromatic heterocycles. The molecular weight excluding hydrogens is 358 g/mol. The van der Waals surface area contributed by atoms with Crippen molar-refractivity contribution in [1.82, 2.24) is 14.5 Å². The Morgan fingerprint density at radius 3 is 2.81 bits per heavy atom. The minimum atomic E-state index is -3.64. The molecule has 2 aromatic rings. The molecule has 0 fully saturated rings. The molecule has 0 aliphatic carbocycles. The predicted octanol–water partition coefficient (Wildman–Crippen LogP) is 1.42. The summed E-state index contributed by atoms with van der Waals surface area (Å²) in [4.78, 5) is 0.116. The van der Waals surface area contributed by atoms with E-state index in [0.717, 1.165) is 5.56 Å². The largest absolute Gasteiger partial charge is 0.392 e. The van der Waals surface area contributed by atoms with E-state index in [2.05, 4.69) is 25.8 Å². The van der Waals surface area contributed by atoms with Gasteiger partial charge in [0.15, 0.2) is 0 Å². The van der Waals surface area contributed by atoms with Crippen LogP contribution in [0.3, 0.4) is 0 Å². The van der Waals surface area contributed by atoms with Crippen molar-refractivity contribution in [3.05, 3.63) is 46.2 Å². The summed E-state index contributed by atoms with van der Waals surface area (Å²) in [6, 6.07) is 4.72. The highest BCUT2D eigenvalue weighted by molar-refractivity contribution is 9.10. The first-order valence-electron chi connectivity index (χ1n) is 6.30. The highest BCUT2D eigenvalue weighted by Crippen LogP contribution is 2.23. The van der Waals surface area contributed by atoms with Crippen molar-refractivity contribution in [1.29, 1.82) is 0 Å². The summed E-state index contributed by atoms with van der Waals surface area (Å²) in [6.45, 7) is 2.40. The summed E-state index contributed by atoms with van der Waals surface area (Å²) in [5, 5.41) is 13.2. The van der Waals surface area contributed by atoms with E-state index in [1.807, 2.05) is 13.1 Å². The monoisotopic (exact) mass is 373 g/mol. The Bertz CT molecular complexity index is 728. The molecule has 6 nitrogen and oxygen atoms in total. The maximum atomic E-state index is 12.3. The van der Waals surface area contributed by atoms with Crippen LogP contribution in [-0.4, -0.2) is 29.8 Å². The number of rotatable bonds is 6. The van der Waals surface area contributed by atoms with Crippen molar-refractivity contribution in [2.75, 3.05) is 6.54 Å². The number of hydrogen-bond acceptors (Lipinski definition) is 4. The summed E-state index contributed by atoms with van der Waals surface area (Å²) in [5.74, 6) is 0. The molecule has 0 atom stereocenters. The molecular formula is C13H16BrN3O3S. The van der Waals surface area contributed by atoms with Gasteiger partial charge in [0.05, 0.1) is 24.2 Å². The van der Waals surface area contributed by atoms with E-state index in [9.17, 15) is 8.42 Å². The number of aryl methyl sites for hydroxylation is 1. The highest BCUT2D eigenvalue weighted by atomic mass is 79.9. The van der Waals surface area contributed by atoms with Crippen LogP contribution in [0.2, 0.25) is 0 Å². The first-order valence-corrected chi connectivity index (χ1v) is 8.58. The lowest BCUT2D eigenvalue weighted by Crippen LogP contribution is -2.28. The molecule has 0 bridgehead atoms. The lowest BCUT2D eigenvalue weighted by Gasteiger charge is -2.10. The molecule has 2 N–H and O–H groups in total. The number of aromatic nitrogens is 2. The average Bonchev–Trinajstić information content (AvgIpc) is 2.84. The van der Waals surface area contributed by atoms with Gasteiger partial charge in [-0.3, -0.25) is 4.68 Å². The van der Waals surface area contributed by atoms with E-state index >= 15 is 0 Å². The third kappa shape index (κ3) is 4.13. The molecule has 0 aliphatic heterocycles. The van der Waals surface area contributed by atoms with Crippen LogP contribution >= 0.6 is 15.9 Å². The van der Waals surface area contributed by atoms with Gasteiger partial charge in [0.1, 0.15) is 0 Å².